The Morgan fingerprint density at radius 3 is 2.31 bits per heavy atom. The molecule has 0 spiro atoms. The highest BCUT2D eigenvalue weighted by molar-refractivity contribution is 5.86. The lowest BCUT2D eigenvalue weighted by molar-refractivity contribution is -0.924. The van der Waals surface area contributed by atoms with Gasteiger partial charge in [-0.2, -0.15) is 0 Å². The van der Waals surface area contributed by atoms with Gasteiger partial charge < -0.3 is 29.7 Å². The molecule has 0 bridgehead atoms. The summed E-state index contributed by atoms with van der Waals surface area (Å²) in [7, 11) is 3.44. The standard InChI is InChI=1S/C28H29N3O5/c1-31(16-22(29)32)14-13-20-15-21-26(36-17-35-21)27(34-2)23(20)25(31)28(33)30-24(18-9-5-3-6-10-18)19-11-7-4-8-12-19/h3-12,15,24-25H,13-14,16-17H2,1-2H3,(H2-,29,30,32,33)/p+1/t25-,31-/m0/s1. The minimum atomic E-state index is -0.749. The summed E-state index contributed by atoms with van der Waals surface area (Å²) in [5, 5.41) is 3.27. The van der Waals surface area contributed by atoms with E-state index in [1.54, 1.807) is 7.11 Å². The Morgan fingerprint density at radius 2 is 1.72 bits per heavy atom. The van der Waals surface area contributed by atoms with Crippen molar-refractivity contribution in [3.8, 4) is 17.2 Å². The molecule has 8 heteroatoms. The van der Waals surface area contributed by atoms with E-state index < -0.39 is 11.9 Å². The minimum absolute atomic E-state index is 0.0104. The number of primary amides is 1. The van der Waals surface area contributed by atoms with E-state index in [1.807, 2.05) is 73.8 Å². The molecule has 3 aromatic rings. The largest absolute Gasteiger partial charge is 0.492 e. The second-order valence-corrected chi connectivity index (χ2v) is 9.46. The first kappa shape index (κ1) is 23.7. The van der Waals surface area contributed by atoms with E-state index in [1.165, 1.54) is 0 Å². The number of rotatable bonds is 7. The Morgan fingerprint density at radius 1 is 1.08 bits per heavy atom. The Labute approximate surface area is 210 Å². The molecule has 2 atom stereocenters. The van der Waals surface area contributed by atoms with E-state index in [4.69, 9.17) is 19.9 Å². The molecule has 36 heavy (non-hydrogen) atoms. The average Bonchev–Trinajstić information content (AvgIpc) is 3.34. The Bertz CT molecular complexity index is 1240. The fraction of sp³-hybridized carbons (Fsp3) is 0.286. The third-order valence-corrected chi connectivity index (χ3v) is 7.05. The van der Waals surface area contributed by atoms with Gasteiger partial charge in [-0.05, 0) is 22.8 Å². The lowest BCUT2D eigenvalue weighted by atomic mass is 9.87. The van der Waals surface area contributed by atoms with Gasteiger partial charge in [0.2, 0.25) is 12.5 Å². The van der Waals surface area contributed by atoms with Crippen LogP contribution in [0.2, 0.25) is 0 Å². The predicted molar refractivity (Wildman–Crippen MR) is 134 cm³/mol. The van der Waals surface area contributed by atoms with Crippen LogP contribution in [0.25, 0.3) is 0 Å². The number of amides is 2. The van der Waals surface area contributed by atoms with Crippen LogP contribution in [-0.4, -0.2) is 50.3 Å². The molecule has 3 N–H and O–H groups in total. The number of methoxy groups -OCH3 is 1. The third kappa shape index (κ3) is 4.24. The van der Waals surface area contributed by atoms with Crippen LogP contribution in [0.5, 0.6) is 17.2 Å². The Hall–Kier alpha value is -4.04. The highest BCUT2D eigenvalue weighted by atomic mass is 16.7. The summed E-state index contributed by atoms with van der Waals surface area (Å²) >= 11 is 0. The molecule has 2 aliphatic heterocycles. The maximum Gasteiger partial charge on any atom is 0.284 e. The van der Waals surface area contributed by atoms with Crippen LogP contribution in [0.15, 0.2) is 66.7 Å². The Balaban J connectivity index is 1.62. The molecule has 186 valence electrons. The summed E-state index contributed by atoms with van der Waals surface area (Å²) in [5.74, 6) is 0.840. The number of nitrogens with zero attached hydrogens (tertiary/aromatic N) is 1. The lowest BCUT2D eigenvalue weighted by Gasteiger charge is -2.44. The summed E-state index contributed by atoms with van der Waals surface area (Å²) in [4.78, 5) is 26.4. The smallest absolute Gasteiger partial charge is 0.284 e. The number of benzene rings is 3. The van der Waals surface area contributed by atoms with Gasteiger partial charge in [-0.15, -0.1) is 0 Å². The summed E-state index contributed by atoms with van der Waals surface area (Å²) in [6.45, 7) is 0.650. The average molecular weight is 489 g/mol. The zero-order valence-corrected chi connectivity index (χ0v) is 20.4. The van der Waals surface area contributed by atoms with Crippen molar-refractivity contribution in [1.82, 2.24) is 5.32 Å². The van der Waals surface area contributed by atoms with E-state index in [-0.39, 0.29) is 29.8 Å². The SMILES string of the molecule is COc1c2c(cc3c1[C@@H](C(=O)NC(c1ccccc1)c1ccccc1)[N@+](C)(CC(N)=O)CC3)OCO2. The van der Waals surface area contributed by atoms with Gasteiger partial charge in [0, 0.05) is 6.42 Å². The van der Waals surface area contributed by atoms with Crippen LogP contribution in [0.1, 0.15) is 34.3 Å². The highest BCUT2D eigenvalue weighted by Crippen LogP contribution is 2.51. The monoisotopic (exact) mass is 488 g/mol. The van der Waals surface area contributed by atoms with Gasteiger partial charge in [-0.25, -0.2) is 0 Å². The number of nitrogens with two attached hydrogens (primary N) is 1. The number of fused-ring (bicyclic) bond motifs is 2. The normalized spacial score (nSPS) is 20.0. The summed E-state index contributed by atoms with van der Waals surface area (Å²) < 4.78 is 17.2. The number of carbonyl (C=O) groups is 2. The molecule has 0 fully saturated rings. The molecular weight excluding hydrogens is 458 g/mol. The van der Waals surface area contributed by atoms with Gasteiger partial charge in [-0.1, -0.05) is 60.7 Å². The van der Waals surface area contributed by atoms with Gasteiger partial charge in [0.25, 0.3) is 11.8 Å². The van der Waals surface area contributed by atoms with Crippen molar-refractivity contribution in [2.75, 3.05) is 34.0 Å². The zero-order chi connectivity index (χ0) is 25.3. The van der Waals surface area contributed by atoms with Crippen LogP contribution in [0, 0.1) is 0 Å². The number of hydrogen-bond acceptors (Lipinski definition) is 5. The van der Waals surface area contributed by atoms with Crippen LogP contribution < -0.4 is 25.3 Å². The number of quaternary nitrogens is 1. The molecule has 2 aliphatic rings. The minimum Gasteiger partial charge on any atom is -0.492 e. The molecular formula is C28H30N3O5+. The molecule has 5 rings (SSSR count). The molecule has 2 heterocycles. The maximum absolute atomic E-state index is 14.3. The van der Waals surface area contributed by atoms with Gasteiger partial charge in [0.15, 0.2) is 24.1 Å². The highest BCUT2D eigenvalue weighted by Gasteiger charge is 2.49. The molecule has 0 aliphatic carbocycles. The van der Waals surface area contributed by atoms with Gasteiger partial charge >= 0.3 is 0 Å². The molecule has 2 amide bonds. The molecule has 0 radical (unpaired) electrons. The van der Waals surface area contributed by atoms with E-state index in [0.29, 0.717) is 35.8 Å². The lowest BCUT2D eigenvalue weighted by Crippen LogP contribution is -2.59. The number of likely N-dealkylation sites (N-methyl/N-ethyl adjacent to an activating group) is 1. The fourth-order valence-electron chi connectivity index (χ4n) is 5.42. The van der Waals surface area contributed by atoms with Crippen molar-refractivity contribution in [2.45, 2.75) is 18.5 Å². The van der Waals surface area contributed by atoms with Crippen molar-refractivity contribution >= 4 is 11.8 Å². The quantitative estimate of drug-likeness (QED) is 0.498. The number of ether oxygens (including phenoxy) is 3. The van der Waals surface area contributed by atoms with Crippen LogP contribution in [0.4, 0.5) is 0 Å². The first-order chi connectivity index (χ1) is 17.4. The second-order valence-electron chi connectivity index (χ2n) is 9.46. The zero-order valence-electron chi connectivity index (χ0n) is 20.4. The molecule has 3 aromatic carbocycles. The second kappa shape index (κ2) is 9.54. The first-order valence-electron chi connectivity index (χ1n) is 11.9. The van der Waals surface area contributed by atoms with Crippen LogP contribution in [0.3, 0.4) is 0 Å². The number of nitrogens with one attached hydrogen (secondary N) is 1. The van der Waals surface area contributed by atoms with Crippen molar-refractivity contribution < 1.29 is 28.3 Å². The predicted octanol–water partition coefficient (Wildman–Crippen LogP) is 2.86. The molecule has 0 saturated heterocycles. The van der Waals surface area contributed by atoms with Crippen molar-refractivity contribution in [2.24, 2.45) is 5.73 Å². The summed E-state index contributed by atoms with van der Waals surface area (Å²) in [6, 6.07) is 20.4. The van der Waals surface area contributed by atoms with Crippen molar-refractivity contribution in [1.29, 1.82) is 0 Å². The number of carbonyl (C=O) groups excluding carboxylic acids is 2. The van der Waals surface area contributed by atoms with E-state index in [2.05, 4.69) is 5.32 Å². The van der Waals surface area contributed by atoms with E-state index in [9.17, 15) is 9.59 Å². The van der Waals surface area contributed by atoms with E-state index >= 15 is 0 Å². The molecule has 8 nitrogen and oxygen atoms in total. The van der Waals surface area contributed by atoms with Crippen LogP contribution >= 0.6 is 0 Å². The fourth-order valence-corrected chi connectivity index (χ4v) is 5.42. The molecule has 0 unspecified atom stereocenters. The van der Waals surface area contributed by atoms with Gasteiger partial charge in [0.1, 0.15) is 0 Å². The van der Waals surface area contributed by atoms with E-state index in [0.717, 1.165) is 16.7 Å². The first-order valence-corrected chi connectivity index (χ1v) is 11.9. The Kier molecular flexibility index (Phi) is 6.28. The van der Waals surface area contributed by atoms with Crippen molar-refractivity contribution in [3.63, 3.8) is 0 Å². The summed E-state index contributed by atoms with van der Waals surface area (Å²) in [6.07, 6.45) is 0.636. The number of hydrogen-bond donors (Lipinski definition) is 2. The molecule has 0 saturated carbocycles. The molecule has 0 aromatic heterocycles. The summed E-state index contributed by atoms with van der Waals surface area (Å²) in [5.41, 5.74) is 9.22. The van der Waals surface area contributed by atoms with Crippen molar-refractivity contribution in [3.05, 3.63) is 89.0 Å². The van der Waals surface area contributed by atoms with Gasteiger partial charge in [-0.3, -0.25) is 9.59 Å². The maximum atomic E-state index is 14.3. The topological polar surface area (TPSA) is 99.9 Å². The van der Waals surface area contributed by atoms with Gasteiger partial charge in [0.05, 0.1) is 32.3 Å². The third-order valence-electron chi connectivity index (χ3n) is 7.05. The van der Waals surface area contributed by atoms with Crippen LogP contribution in [-0.2, 0) is 16.0 Å².